The molecule has 0 radical (unpaired) electrons. The monoisotopic (exact) mass is 422 g/mol. The van der Waals surface area contributed by atoms with Crippen LogP contribution in [-0.2, 0) is 14.2 Å². The first-order chi connectivity index (χ1) is 14.8. The van der Waals surface area contributed by atoms with Crippen molar-refractivity contribution < 1.29 is 14.2 Å². The summed E-state index contributed by atoms with van der Waals surface area (Å²) >= 11 is 0. The van der Waals surface area contributed by atoms with Crippen molar-refractivity contribution in [2.45, 2.75) is 134 Å². The largest absolute Gasteiger partial charge is 0.502 e. The van der Waals surface area contributed by atoms with Crippen LogP contribution in [0.4, 0.5) is 0 Å². The van der Waals surface area contributed by atoms with E-state index in [2.05, 4.69) is 13.5 Å². The SMILES string of the molecule is C=COCCCCCCCCCCC(CCCCC)(OCC1CO1)C1CCCCC1. The van der Waals surface area contributed by atoms with Gasteiger partial charge in [-0.2, -0.15) is 0 Å². The van der Waals surface area contributed by atoms with Crippen molar-refractivity contribution in [1.29, 1.82) is 0 Å². The smallest absolute Gasteiger partial charge is 0.104 e. The van der Waals surface area contributed by atoms with Gasteiger partial charge < -0.3 is 14.2 Å². The van der Waals surface area contributed by atoms with Crippen LogP contribution in [0.15, 0.2) is 12.8 Å². The van der Waals surface area contributed by atoms with Crippen molar-refractivity contribution in [2.75, 3.05) is 19.8 Å². The highest BCUT2D eigenvalue weighted by molar-refractivity contribution is 4.91. The van der Waals surface area contributed by atoms with Crippen LogP contribution >= 0.6 is 0 Å². The predicted molar refractivity (Wildman–Crippen MR) is 127 cm³/mol. The van der Waals surface area contributed by atoms with E-state index in [1.54, 1.807) is 6.26 Å². The molecule has 2 fully saturated rings. The van der Waals surface area contributed by atoms with E-state index in [1.165, 1.54) is 109 Å². The van der Waals surface area contributed by atoms with E-state index in [1.807, 2.05) is 0 Å². The van der Waals surface area contributed by atoms with Crippen molar-refractivity contribution in [3.8, 4) is 0 Å². The molecule has 3 nitrogen and oxygen atoms in total. The second-order valence-electron chi connectivity index (χ2n) is 9.74. The zero-order valence-electron chi connectivity index (χ0n) is 20.0. The molecule has 1 saturated heterocycles. The zero-order chi connectivity index (χ0) is 21.3. The number of hydrogen-bond acceptors (Lipinski definition) is 3. The van der Waals surface area contributed by atoms with Gasteiger partial charge in [-0.05, 0) is 38.0 Å². The predicted octanol–water partition coefficient (Wildman–Crippen LogP) is 7.97. The van der Waals surface area contributed by atoms with E-state index in [-0.39, 0.29) is 5.60 Å². The van der Waals surface area contributed by atoms with Gasteiger partial charge in [-0.1, -0.05) is 97.0 Å². The van der Waals surface area contributed by atoms with Gasteiger partial charge in [0.2, 0.25) is 0 Å². The molecular formula is C27H50O3. The lowest BCUT2D eigenvalue weighted by molar-refractivity contribution is -0.114. The van der Waals surface area contributed by atoms with E-state index in [4.69, 9.17) is 14.2 Å². The third-order valence-corrected chi connectivity index (χ3v) is 7.24. The van der Waals surface area contributed by atoms with Crippen LogP contribution in [0, 0.1) is 5.92 Å². The maximum atomic E-state index is 6.79. The Balaban J connectivity index is 1.71. The van der Waals surface area contributed by atoms with Gasteiger partial charge in [-0.3, -0.25) is 0 Å². The number of epoxide rings is 1. The first-order valence-corrected chi connectivity index (χ1v) is 13.3. The van der Waals surface area contributed by atoms with Crippen molar-refractivity contribution in [3.05, 3.63) is 12.8 Å². The molecule has 2 rings (SSSR count). The summed E-state index contributed by atoms with van der Waals surface area (Å²) in [4.78, 5) is 0. The zero-order valence-corrected chi connectivity index (χ0v) is 20.0. The maximum Gasteiger partial charge on any atom is 0.104 e. The summed E-state index contributed by atoms with van der Waals surface area (Å²) in [6.07, 6.45) is 26.1. The van der Waals surface area contributed by atoms with Gasteiger partial charge in [-0.25, -0.2) is 0 Å². The van der Waals surface area contributed by atoms with Gasteiger partial charge in [0.25, 0.3) is 0 Å². The van der Waals surface area contributed by atoms with Crippen molar-refractivity contribution in [3.63, 3.8) is 0 Å². The van der Waals surface area contributed by atoms with E-state index >= 15 is 0 Å². The maximum absolute atomic E-state index is 6.79. The molecule has 2 atom stereocenters. The molecule has 1 heterocycles. The summed E-state index contributed by atoms with van der Waals surface area (Å²) in [7, 11) is 0. The van der Waals surface area contributed by atoms with Crippen molar-refractivity contribution in [1.82, 2.24) is 0 Å². The molecule has 3 heteroatoms. The molecule has 176 valence electrons. The Bertz CT molecular complexity index is 414. The summed E-state index contributed by atoms with van der Waals surface area (Å²) < 4.78 is 17.5. The van der Waals surface area contributed by atoms with E-state index in [0.717, 1.165) is 32.2 Å². The molecule has 0 bridgehead atoms. The Morgan fingerprint density at radius 3 is 2.07 bits per heavy atom. The number of rotatable bonds is 20. The van der Waals surface area contributed by atoms with Crippen LogP contribution in [0.25, 0.3) is 0 Å². The van der Waals surface area contributed by atoms with Gasteiger partial charge in [0.15, 0.2) is 0 Å². The quantitative estimate of drug-likeness (QED) is 0.113. The van der Waals surface area contributed by atoms with Gasteiger partial charge in [0, 0.05) is 0 Å². The molecule has 1 aliphatic heterocycles. The fraction of sp³-hybridized carbons (Fsp3) is 0.926. The molecule has 1 saturated carbocycles. The molecule has 0 spiro atoms. The highest BCUT2D eigenvalue weighted by atomic mass is 16.6. The topological polar surface area (TPSA) is 31.0 Å². The fourth-order valence-corrected chi connectivity index (χ4v) is 5.28. The van der Waals surface area contributed by atoms with Gasteiger partial charge in [0.05, 0.1) is 31.7 Å². The molecule has 0 aromatic heterocycles. The van der Waals surface area contributed by atoms with Crippen LogP contribution < -0.4 is 0 Å². The molecule has 2 aliphatic rings. The minimum Gasteiger partial charge on any atom is -0.502 e. The van der Waals surface area contributed by atoms with Crippen LogP contribution in [0.1, 0.15) is 122 Å². The Morgan fingerprint density at radius 2 is 1.47 bits per heavy atom. The lowest BCUT2D eigenvalue weighted by Crippen LogP contribution is -2.43. The molecular weight excluding hydrogens is 372 g/mol. The van der Waals surface area contributed by atoms with Gasteiger partial charge >= 0.3 is 0 Å². The average molecular weight is 423 g/mol. The van der Waals surface area contributed by atoms with Gasteiger partial charge in [-0.15, -0.1) is 0 Å². The van der Waals surface area contributed by atoms with E-state index in [0.29, 0.717) is 6.10 Å². The molecule has 1 aliphatic carbocycles. The third-order valence-electron chi connectivity index (χ3n) is 7.24. The first kappa shape index (κ1) is 25.7. The van der Waals surface area contributed by atoms with E-state index in [9.17, 15) is 0 Å². The summed E-state index contributed by atoms with van der Waals surface area (Å²) in [5.74, 6) is 0.777. The Hall–Kier alpha value is -0.540. The average Bonchev–Trinajstić information content (AvgIpc) is 3.61. The highest BCUT2D eigenvalue weighted by Gasteiger charge is 2.40. The van der Waals surface area contributed by atoms with Crippen LogP contribution in [0.3, 0.4) is 0 Å². The number of unbranched alkanes of at least 4 members (excludes halogenated alkanes) is 9. The van der Waals surface area contributed by atoms with Crippen molar-refractivity contribution in [2.24, 2.45) is 5.92 Å². The first-order valence-electron chi connectivity index (χ1n) is 13.3. The molecule has 30 heavy (non-hydrogen) atoms. The van der Waals surface area contributed by atoms with Crippen LogP contribution in [0.5, 0.6) is 0 Å². The van der Waals surface area contributed by atoms with Crippen molar-refractivity contribution >= 4 is 0 Å². The highest BCUT2D eigenvalue weighted by Crippen LogP contribution is 2.42. The minimum absolute atomic E-state index is 0.132. The molecule has 2 unspecified atom stereocenters. The fourth-order valence-electron chi connectivity index (χ4n) is 5.28. The summed E-state index contributed by atoms with van der Waals surface area (Å²) in [5.41, 5.74) is 0.132. The molecule has 0 amide bonds. The molecule has 0 aromatic carbocycles. The van der Waals surface area contributed by atoms with Crippen LogP contribution in [-0.4, -0.2) is 31.5 Å². The normalized spacial score (nSPS) is 21.3. The summed E-state index contributed by atoms with van der Waals surface area (Å²) in [6, 6.07) is 0. The number of hydrogen-bond donors (Lipinski definition) is 0. The standard InChI is InChI=1S/C27H50O3/c1-3-5-15-20-27(30-24-26-23-29-26,25-18-13-12-14-19-25)21-16-10-8-6-7-9-11-17-22-28-4-2/h4,25-26H,2-3,5-24H2,1H3. The summed E-state index contributed by atoms with van der Waals surface area (Å²) in [6.45, 7) is 8.48. The second-order valence-corrected chi connectivity index (χ2v) is 9.74. The minimum atomic E-state index is 0.132. The lowest BCUT2D eigenvalue weighted by Gasteiger charge is -2.43. The lowest BCUT2D eigenvalue weighted by atomic mass is 9.71. The Kier molecular flexibility index (Phi) is 13.8. The Labute approximate surface area is 187 Å². The van der Waals surface area contributed by atoms with Crippen LogP contribution in [0.2, 0.25) is 0 Å². The number of ether oxygens (including phenoxy) is 3. The summed E-state index contributed by atoms with van der Waals surface area (Å²) in [5, 5.41) is 0. The third kappa shape index (κ3) is 10.7. The van der Waals surface area contributed by atoms with Gasteiger partial charge in [0.1, 0.15) is 6.10 Å². The van der Waals surface area contributed by atoms with E-state index < -0.39 is 0 Å². The second kappa shape index (κ2) is 16.1. The molecule has 0 aromatic rings. The molecule has 0 N–H and O–H groups in total. The Morgan fingerprint density at radius 1 is 0.867 bits per heavy atom.